The molecule has 14 aromatic carbocycles. The molecule has 0 radical (unpaired) electrons. The zero-order valence-corrected chi connectivity index (χ0v) is 51.7. The van der Waals surface area contributed by atoms with Gasteiger partial charge in [-0.25, -0.2) is 0 Å². The molecule has 0 bridgehead atoms. The molecule has 0 aliphatic carbocycles. The Labute approximate surface area is 543 Å². The molecule has 0 N–H and O–H groups in total. The Balaban J connectivity index is 0.895. The van der Waals surface area contributed by atoms with E-state index in [1.807, 2.05) is 22.7 Å². The van der Waals surface area contributed by atoms with Crippen molar-refractivity contribution in [3.63, 3.8) is 0 Å². The number of anilines is 15. The van der Waals surface area contributed by atoms with Crippen LogP contribution in [0.5, 0.6) is 11.5 Å². The van der Waals surface area contributed by atoms with E-state index in [1.54, 1.807) is 0 Å². The van der Waals surface area contributed by atoms with Gasteiger partial charge in [-0.15, -0.1) is 22.7 Å². The first-order valence-electron chi connectivity index (χ1n) is 30.9. The molecule has 0 aliphatic rings. The van der Waals surface area contributed by atoms with Crippen LogP contribution < -0.4 is 29.2 Å². The van der Waals surface area contributed by atoms with Crippen molar-refractivity contribution in [3.8, 4) is 11.5 Å². The molecule has 0 atom stereocenters. The zero-order valence-electron chi connectivity index (χ0n) is 50.0. The van der Waals surface area contributed by atoms with Crippen LogP contribution in [0.25, 0.3) is 40.3 Å². The van der Waals surface area contributed by atoms with Crippen LogP contribution in [-0.4, -0.2) is 0 Å². The van der Waals surface area contributed by atoms with E-state index in [4.69, 9.17) is 4.74 Å². The van der Waals surface area contributed by atoms with Crippen molar-refractivity contribution < 1.29 is 4.74 Å². The fourth-order valence-corrected chi connectivity index (χ4v) is 15.1. The predicted molar refractivity (Wildman–Crippen MR) is 392 cm³/mol. The highest BCUT2D eigenvalue weighted by atomic mass is 32.1. The SMILES string of the molecule is c1ccc(N(c2ccccc2)c2cc(Oc3cccc(N(c4ccccc4)c4cc(N(c5ccccc5)c5ccccc5)cc(N(c5ccccc5)c5cccc6c5sc5ccccc56)c4)c3)cc(N(c3ccccc3)c3cccc4c3sc3ccccc34)c2)cc1. The highest BCUT2D eigenvalue weighted by Gasteiger charge is 2.26. The summed E-state index contributed by atoms with van der Waals surface area (Å²) in [7, 11) is 0. The summed E-state index contributed by atoms with van der Waals surface area (Å²) in [5.41, 5.74) is 15.0. The lowest BCUT2D eigenvalue weighted by molar-refractivity contribution is 0.483. The summed E-state index contributed by atoms with van der Waals surface area (Å²) >= 11 is 3.66. The Morgan fingerprint density at radius 1 is 0.185 bits per heavy atom. The molecule has 0 saturated carbocycles. The Kier molecular flexibility index (Phi) is 14.9. The van der Waals surface area contributed by atoms with E-state index in [2.05, 4.69) is 382 Å². The maximum atomic E-state index is 7.43. The number of ether oxygens (including phenoxy) is 1. The molecule has 0 aliphatic heterocycles. The number of para-hydroxylation sites is 7. The molecule has 6 nitrogen and oxygen atoms in total. The van der Waals surface area contributed by atoms with Gasteiger partial charge < -0.3 is 29.2 Å². The van der Waals surface area contributed by atoms with Gasteiger partial charge in [0.25, 0.3) is 0 Å². The first-order chi connectivity index (χ1) is 45.6. The van der Waals surface area contributed by atoms with Gasteiger partial charge in [-0.05, 0) is 146 Å². The van der Waals surface area contributed by atoms with Crippen LogP contribution in [-0.2, 0) is 0 Å². The second-order valence-electron chi connectivity index (χ2n) is 22.5. The minimum Gasteiger partial charge on any atom is -0.457 e. The summed E-state index contributed by atoms with van der Waals surface area (Å²) in [5, 5.41) is 4.94. The molecule has 0 saturated heterocycles. The van der Waals surface area contributed by atoms with E-state index in [-0.39, 0.29) is 0 Å². The quantitative estimate of drug-likeness (QED) is 0.0901. The molecule has 438 valence electrons. The predicted octanol–water partition coefficient (Wildman–Crippen LogP) is 25.6. The topological polar surface area (TPSA) is 25.4 Å². The molecular formula is C84H59N5OS2. The highest BCUT2D eigenvalue weighted by Crippen LogP contribution is 2.52. The van der Waals surface area contributed by atoms with E-state index >= 15 is 0 Å². The Hall–Kier alpha value is -11.7. The molecule has 8 heteroatoms. The first kappa shape index (κ1) is 55.6. The van der Waals surface area contributed by atoms with Gasteiger partial charge in [0.2, 0.25) is 0 Å². The normalized spacial score (nSPS) is 11.3. The molecule has 92 heavy (non-hydrogen) atoms. The monoisotopic (exact) mass is 1220 g/mol. The van der Waals surface area contributed by atoms with E-state index in [0.717, 1.165) is 85.3 Å². The van der Waals surface area contributed by atoms with Crippen LogP contribution in [0.2, 0.25) is 0 Å². The standard InChI is InChI=1S/C84H59N5OS2/c1-8-29-60(30-9-1)85(61-31-10-2-11-32-61)68-53-69(55-70(54-68)88(65-39-18-6-19-40-65)79-49-27-47-77-75-45-22-24-51-81(75)91-83(77)79)87(64-37-16-5-17-38-64)67-43-26-44-73(57-67)90-74-58-71(86(62-33-12-3-13-34-62)63-35-14-4-15-36-63)56-72(59-74)89(66-41-20-7-21-42-66)80-50-28-48-78-76-46-23-25-52-82(76)92-84(78)80/h1-59H. The maximum Gasteiger partial charge on any atom is 0.131 e. The Morgan fingerprint density at radius 2 is 0.446 bits per heavy atom. The number of benzene rings is 14. The number of hydrogen-bond acceptors (Lipinski definition) is 8. The molecule has 0 spiro atoms. The van der Waals surface area contributed by atoms with Crippen LogP contribution in [0.3, 0.4) is 0 Å². The third-order valence-corrected chi connectivity index (χ3v) is 19.1. The maximum absolute atomic E-state index is 7.43. The highest BCUT2D eigenvalue weighted by molar-refractivity contribution is 7.26. The lowest BCUT2D eigenvalue weighted by Crippen LogP contribution is -2.16. The minimum absolute atomic E-state index is 0.668. The number of rotatable bonds is 17. The van der Waals surface area contributed by atoms with Crippen LogP contribution in [0.4, 0.5) is 85.3 Å². The fourth-order valence-electron chi connectivity index (χ4n) is 12.7. The van der Waals surface area contributed by atoms with Gasteiger partial charge in [-0.2, -0.15) is 0 Å². The summed E-state index contributed by atoms with van der Waals surface area (Å²) in [6.45, 7) is 0. The molecule has 2 aromatic heterocycles. The van der Waals surface area contributed by atoms with Gasteiger partial charge >= 0.3 is 0 Å². The average Bonchev–Trinajstić information content (AvgIpc) is 1.74. The molecule has 0 unspecified atom stereocenters. The number of thiophene rings is 2. The Morgan fingerprint density at radius 3 is 0.826 bits per heavy atom. The number of nitrogens with zero attached hydrogens (tertiary/aromatic N) is 5. The van der Waals surface area contributed by atoms with Crippen molar-refractivity contribution in [3.05, 3.63) is 358 Å². The van der Waals surface area contributed by atoms with E-state index in [1.165, 1.54) is 40.3 Å². The molecule has 0 fully saturated rings. The van der Waals surface area contributed by atoms with Crippen molar-refractivity contribution in [2.24, 2.45) is 0 Å². The third kappa shape index (κ3) is 10.8. The van der Waals surface area contributed by atoms with E-state index < -0.39 is 0 Å². The molecule has 16 aromatic rings. The second-order valence-corrected chi connectivity index (χ2v) is 24.6. The number of fused-ring (bicyclic) bond motifs is 6. The summed E-state index contributed by atoms with van der Waals surface area (Å²) in [6.07, 6.45) is 0. The summed E-state index contributed by atoms with van der Waals surface area (Å²) < 4.78 is 12.3. The first-order valence-corrected chi connectivity index (χ1v) is 32.5. The van der Waals surface area contributed by atoms with Crippen LogP contribution >= 0.6 is 22.7 Å². The van der Waals surface area contributed by atoms with Crippen molar-refractivity contribution in [2.75, 3.05) is 24.5 Å². The summed E-state index contributed by atoms with van der Waals surface area (Å²) in [5.74, 6) is 1.34. The van der Waals surface area contributed by atoms with Gasteiger partial charge in [-0.3, -0.25) is 0 Å². The van der Waals surface area contributed by atoms with Crippen molar-refractivity contribution in [1.82, 2.24) is 0 Å². The lowest BCUT2D eigenvalue weighted by atomic mass is 10.1. The van der Waals surface area contributed by atoms with Crippen LogP contribution in [0.1, 0.15) is 0 Å². The van der Waals surface area contributed by atoms with Crippen LogP contribution in [0, 0.1) is 0 Å². The number of hydrogen-bond donors (Lipinski definition) is 0. The van der Waals surface area contributed by atoms with Gasteiger partial charge in [0.15, 0.2) is 0 Å². The largest absolute Gasteiger partial charge is 0.457 e. The molecule has 0 amide bonds. The fraction of sp³-hybridized carbons (Fsp3) is 0. The summed E-state index contributed by atoms with van der Waals surface area (Å²) in [6, 6.07) is 128. The van der Waals surface area contributed by atoms with E-state index in [0.29, 0.717) is 11.5 Å². The van der Waals surface area contributed by atoms with Gasteiger partial charge in [-0.1, -0.05) is 194 Å². The van der Waals surface area contributed by atoms with Gasteiger partial charge in [0.1, 0.15) is 11.5 Å². The molecule has 16 rings (SSSR count). The molecule has 2 heterocycles. The second kappa shape index (κ2) is 24.7. The average molecular weight is 1220 g/mol. The van der Waals surface area contributed by atoms with E-state index in [9.17, 15) is 0 Å². The van der Waals surface area contributed by atoms with Crippen molar-refractivity contribution >= 4 is 148 Å². The van der Waals surface area contributed by atoms with Crippen LogP contribution in [0.15, 0.2) is 358 Å². The summed E-state index contributed by atoms with van der Waals surface area (Å²) in [4.78, 5) is 11.8. The zero-order chi connectivity index (χ0) is 61.2. The smallest absolute Gasteiger partial charge is 0.131 e. The Bertz CT molecular complexity index is 5150. The van der Waals surface area contributed by atoms with Gasteiger partial charge in [0, 0.05) is 94.6 Å². The molecular weight excluding hydrogens is 1160 g/mol. The van der Waals surface area contributed by atoms with Crippen molar-refractivity contribution in [2.45, 2.75) is 0 Å². The third-order valence-electron chi connectivity index (χ3n) is 16.7. The lowest BCUT2D eigenvalue weighted by Gasteiger charge is -2.33. The minimum atomic E-state index is 0.668. The van der Waals surface area contributed by atoms with Crippen molar-refractivity contribution in [1.29, 1.82) is 0 Å². The van der Waals surface area contributed by atoms with Gasteiger partial charge in [0.05, 0.1) is 49.2 Å².